The molecule has 1 aliphatic rings. The number of rotatable bonds is 2. The van der Waals surface area contributed by atoms with Gasteiger partial charge in [-0.1, -0.05) is 24.8 Å². The van der Waals surface area contributed by atoms with Gasteiger partial charge in [-0.25, -0.2) is 4.98 Å². The van der Waals surface area contributed by atoms with E-state index in [2.05, 4.69) is 17.0 Å². The third-order valence-corrected chi connectivity index (χ3v) is 4.38. The van der Waals surface area contributed by atoms with Gasteiger partial charge in [0.05, 0.1) is 15.8 Å². The van der Waals surface area contributed by atoms with Gasteiger partial charge >= 0.3 is 0 Å². The van der Waals surface area contributed by atoms with E-state index in [1.807, 2.05) is 36.5 Å². The number of hydrazine groups is 1. The summed E-state index contributed by atoms with van der Waals surface area (Å²) in [5.41, 5.74) is 9.93. The summed E-state index contributed by atoms with van der Waals surface area (Å²) in [6.07, 6.45) is 5.16. The molecule has 0 fully saturated rings. The quantitative estimate of drug-likeness (QED) is 0.815. The first kappa shape index (κ1) is 13.4. The number of nitrogens with one attached hydrogen (secondary N) is 1. The van der Waals surface area contributed by atoms with E-state index in [9.17, 15) is 4.79 Å². The number of nitrogens with zero attached hydrogens (tertiary/aromatic N) is 2. The molecule has 0 atom stereocenters. The Labute approximate surface area is 125 Å². The molecule has 106 valence electrons. The zero-order valence-electron chi connectivity index (χ0n) is 11.5. The maximum absolute atomic E-state index is 11.4. The lowest BCUT2D eigenvalue weighted by molar-refractivity contribution is -0.112. The predicted octanol–water partition coefficient (Wildman–Crippen LogP) is -0.0555. The Morgan fingerprint density at radius 3 is 3.05 bits per heavy atom. The average molecular weight is 298 g/mol. The summed E-state index contributed by atoms with van der Waals surface area (Å²) in [4.78, 5) is 15.7. The van der Waals surface area contributed by atoms with E-state index in [1.165, 1.54) is 17.4 Å². The van der Waals surface area contributed by atoms with Crippen LogP contribution in [0.15, 0.2) is 37.1 Å². The summed E-state index contributed by atoms with van der Waals surface area (Å²) in [6.45, 7) is 3.61. The lowest BCUT2D eigenvalue weighted by Gasteiger charge is -2.12. The second kappa shape index (κ2) is 5.06. The number of nitrogens with two attached hydrogens (primary N) is 1. The van der Waals surface area contributed by atoms with E-state index in [0.717, 1.165) is 20.7 Å². The number of aromatic nitrogens is 1. The topological polar surface area (TPSA) is 71.2 Å². The first-order chi connectivity index (χ1) is 10.1. The molecule has 0 saturated heterocycles. The highest BCUT2D eigenvalue weighted by molar-refractivity contribution is 7.07. The Hall–Kier alpha value is -2.60. The highest BCUT2D eigenvalue weighted by Crippen LogP contribution is 2.09. The van der Waals surface area contributed by atoms with E-state index in [-0.39, 0.29) is 0 Å². The Morgan fingerprint density at radius 2 is 2.33 bits per heavy atom. The fraction of sp³-hybridized carbons (Fsp3) is 0.0667. The summed E-state index contributed by atoms with van der Waals surface area (Å²) >= 11 is 1.43. The molecule has 6 heteroatoms. The Bertz CT molecular complexity index is 945. The Kier molecular flexibility index (Phi) is 3.23. The van der Waals surface area contributed by atoms with Gasteiger partial charge in [-0.3, -0.25) is 9.80 Å². The van der Waals surface area contributed by atoms with Crippen LogP contribution in [0, 0.1) is 9.75 Å². The first-order valence-corrected chi connectivity index (χ1v) is 7.15. The lowest BCUT2D eigenvalue weighted by Crippen LogP contribution is -2.25. The summed E-state index contributed by atoms with van der Waals surface area (Å²) < 4.78 is 1.57. The second-order valence-electron chi connectivity index (χ2n) is 4.58. The van der Waals surface area contributed by atoms with Crippen LogP contribution in [-0.4, -0.2) is 17.9 Å². The third kappa shape index (κ3) is 2.19. The van der Waals surface area contributed by atoms with Gasteiger partial charge in [0.1, 0.15) is 4.66 Å². The normalized spacial score (nSPS) is 15.8. The van der Waals surface area contributed by atoms with Gasteiger partial charge in [0.2, 0.25) is 0 Å². The highest BCUT2D eigenvalue weighted by atomic mass is 32.1. The van der Waals surface area contributed by atoms with Gasteiger partial charge in [-0.05, 0) is 6.07 Å². The van der Waals surface area contributed by atoms with E-state index in [1.54, 1.807) is 6.20 Å². The monoisotopic (exact) mass is 298 g/mol. The number of anilines is 1. The molecule has 1 aromatic carbocycles. The van der Waals surface area contributed by atoms with Gasteiger partial charge in [0.25, 0.3) is 5.91 Å². The largest absolute Gasteiger partial charge is 0.366 e. The molecule has 3 N–H and O–H groups in total. The number of hydrogen-bond donors (Lipinski definition) is 2. The standard InChI is InChI=1S/C15H14N4OS/c1-3-9(14(16)20)15-17-8-13(21-15)10-5-4-6-12-11(10)7-18-19(12)2/h3-8,18H,1H2,2H3,(H2,16,20)/b13-10?,15-9-. The average Bonchev–Trinajstić information content (AvgIpc) is 3.07. The van der Waals surface area contributed by atoms with Gasteiger partial charge in [-0.2, -0.15) is 0 Å². The molecule has 0 saturated carbocycles. The van der Waals surface area contributed by atoms with E-state index in [0.29, 0.717) is 10.2 Å². The molecule has 0 aliphatic carbocycles. The van der Waals surface area contributed by atoms with Crippen molar-refractivity contribution in [2.75, 3.05) is 12.1 Å². The van der Waals surface area contributed by atoms with Crippen LogP contribution in [0.1, 0.15) is 0 Å². The van der Waals surface area contributed by atoms with Crippen LogP contribution in [0.25, 0.3) is 11.8 Å². The zero-order valence-corrected chi connectivity index (χ0v) is 12.3. The Balaban J connectivity index is 2.41. The molecule has 0 spiro atoms. The molecule has 1 amide bonds. The molecular formula is C15H14N4OS. The molecular weight excluding hydrogens is 284 g/mol. The molecule has 0 unspecified atom stereocenters. The van der Waals surface area contributed by atoms with Crippen molar-refractivity contribution in [2.24, 2.45) is 5.73 Å². The minimum absolute atomic E-state index is 0.345. The predicted molar refractivity (Wildman–Crippen MR) is 84.3 cm³/mol. The van der Waals surface area contributed by atoms with Crippen molar-refractivity contribution in [1.82, 2.24) is 10.4 Å². The molecule has 1 aromatic heterocycles. The van der Waals surface area contributed by atoms with Crippen molar-refractivity contribution in [3.8, 4) is 0 Å². The fourth-order valence-corrected chi connectivity index (χ4v) is 3.26. The summed E-state index contributed by atoms with van der Waals surface area (Å²) in [6, 6.07) is 6.07. The van der Waals surface area contributed by atoms with Crippen molar-refractivity contribution in [3.63, 3.8) is 0 Å². The summed E-state index contributed by atoms with van der Waals surface area (Å²) in [7, 11) is 1.96. The minimum Gasteiger partial charge on any atom is -0.366 e. The first-order valence-electron chi connectivity index (χ1n) is 6.33. The van der Waals surface area contributed by atoms with Crippen molar-refractivity contribution in [1.29, 1.82) is 0 Å². The summed E-state index contributed by atoms with van der Waals surface area (Å²) in [5.74, 6) is -0.517. The van der Waals surface area contributed by atoms with Crippen molar-refractivity contribution in [3.05, 3.63) is 56.7 Å². The van der Waals surface area contributed by atoms with Gasteiger partial charge in [0, 0.05) is 29.9 Å². The van der Waals surface area contributed by atoms with E-state index >= 15 is 0 Å². The van der Waals surface area contributed by atoms with Crippen LogP contribution in [0.2, 0.25) is 0 Å². The SMILES string of the molecule is C=C/C(C(N)=O)=c1\ncc(=c2cccc3c2=CNN3C)s1. The van der Waals surface area contributed by atoms with Crippen LogP contribution in [0.4, 0.5) is 5.69 Å². The third-order valence-electron chi connectivity index (χ3n) is 3.32. The Morgan fingerprint density at radius 1 is 1.52 bits per heavy atom. The maximum atomic E-state index is 11.4. The summed E-state index contributed by atoms with van der Waals surface area (Å²) in [5, 5.41) is 4.13. The number of benzene rings is 1. The van der Waals surface area contributed by atoms with Crippen molar-refractivity contribution in [2.45, 2.75) is 0 Å². The van der Waals surface area contributed by atoms with Crippen LogP contribution < -0.4 is 26.0 Å². The number of carbonyl (C=O) groups is 1. The molecule has 0 radical (unpaired) electrons. The zero-order chi connectivity index (χ0) is 15.0. The number of amides is 1. The maximum Gasteiger partial charge on any atom is 0.251 e. The molecule has 21 heavy (non-hydrogen) atoms. The molecule has 0 bridgehead atoms. The molecule has 2 heterocycles. The smallest absolute Gasteiger partial charge is 0.251 e. The minimum atomic E-state index is -0.517. The van der Waals surface area contributed by atoms with Crippen LogP contribution in [0.5, 0.6) is 0 Å². The van der Waals surface area contributed by atoms with Gasteiger partial charge < -0.3 is 11.2 Å². The van der Waals surface area contributed by atoms with Crippen LogP contribution in [0.3, 0.4) is 0 Å². The van der Waals surface area contributed by atoms with Crippen molar-refractivity contribution < 1.29 is 4.79 Å². The van der Waals surface area contributed by atoms with Gasteiger partial charge in [-0.15, -0.1) is 11.3 Å². The molecule has 5 nitrogen and oxygen atoms in total. The number of fused-ring (bicyclic) bond motifs is 1. The number of carbonyl (C=O) groups excluding carboxylic acids is 1. The molecule has 2 aromatic rings. The van der Waals surface area contributed by atoms with Crippen LogP contribution >= 0.6 is 11.3 Å². The molecule has 1 aliphatic heterocycles. The van der Waals surface area contributed by atoms with Crippen molar-refractivity contribution >= 4 is 34.7 Å². The highest BCUT2D eigenvalue weighted by Gasteiger charge is 2.09. The number of primary amides is 1. The van der Waals surface area contributed by atoms with Gasteiger partial charge in [0.15, 0.2) is 0 Å². The number of hydrogen-bond acceptors (Lipinski definition) is 5. The number of thiazole rings is 1. The van der Waals surface area contributed by atoms with E-state index < -0.39 is 5.91 Å². The lowest BCUT2D eigenvalue weighted by atomic mass is 10.2. The van der Waals surface area contributed by atoms with E-state index in [4.69, 9.17) is 5.73 Å². The second-order valence-corrected chi connectivity index (χ2v) is 5.61. The molecule has 3 rings (SSSR count). The van der Waals surface area contributed by atoms with Crippen LogP contribution in [-0.2, 0) is 4.79 Å². The fourth-order valence-electron chi connectivity index (χ4n) is 2.26.